The number of hydrogen-bond acceptors (Lipinski definition) is 5. The molecule has 6 nitrogen and oxygen atoms in total. The van der Waals surface area contributed by atoms with Gasteiger partial charge in [0.1, 0.15) is 24.3 Å². The first-order valence-electron chi connectivity index (χ1n) is 8.82. The molecule has 31 heavy (non-hydrogen) atoms. The average molecular weight is 461 g/mol. The summed E-state index contributed by atoms with van der Waals surface area (Å²) < 4.78 is 64.0. The fourth-order valence-electron chi connectivity index (χ4n) is 3.00. The third-order valence-corrected chi connectivity index (χ3v) is 5.06. The van der Waals surface area contributed by atoms with Gasteiger partial charge in [-0.25, -0.2) is 4.39 Å². The first kappa shape index (κ1) is 22.7. The number of hydrogen-bond donors (Lipinski definition) is 0. The van der Waals surface area contributed by atoms with Crippen molar-refractivity contribution in [2.75, 3.05) is 19.1 Å². The van der Waals surface area contributed by atoms with Crippen LogP contribution >= 0.6 is 11.6 Å². The van der Waals surface area contributed by atoms with Crippen LogP contribution in [0.15, 0.2) is 35.5 Å². The molecule has 1 atom stereocenters. The molecule has 0 spiro atoms. The second-order valence-corrected chi connectivity index (χ2v) is 7.26. The van der Waals surface area contributed by atoms with Crippen LogP contribution in [0.1, 0.15) is 19.4 Å². The summed E-state index contributed by atoms with van der Waals surface area (Å²) in [5.74, 6) is -2.01. The lowest BCUT2D eigenvalue weighted by molar-refractivity contribution is -0.137. The van der Waals surface area contributed by atoms with Crippen molar-refractivity contribution in [1.82, 2.24) is 0 Å². The molecule has 0 radical (unpaired) electrons. The number of fused-ring (bicyclic) bond motifs is 1. The highest BCUT2D eigenvalue weighted by Crippen LogP contribution is 2.43. The smallest absolute Gasteiger partial charge is 0.416 e. The van der Waals surface area contributed by atoms with Crippen LogP contribution in [0.4, 0.5) is 23.2 Å². The van der Waals surface area contributed by atoms with Gasteiger partial charge in [-0.3, -0.25) is 4.79 Å². The standard InChI is InChI=1S/C20H17ClF4N2O4/c1-10(26-29-4)19(2)18(28)27(3)15-6-5-12(9-16(15)31-19)30-17-13(21)7-11(8-14(17)22)20(23,24)25/h5-9H,1-4H3. The number of halogens is 5. The summed E-state index contributed by atoms with van der Waals surface area (Å²) >= 11 is 5.82. The SMILES string of the molecule is CON=C(C)C1(C)Oc2cc(Oc3c(F)cc(C(F)(F)F)cc3Cl)ccc2N(C)C1=O. The number of rotatable bonds is 4. The largest absolute Gasteiger partial charge is 0.469 e. The molecule has 0 fully saturated rings. The topological polar surface area (TPSA) is 60.4 Å². The van der Waals surface area contributed by atoms with E-state index in [9.17, 15) is 22.4 Å². The Balaban J connectivity index is 1.98. The first-order valence-corrected chi connectivity index (χ1v) is 9.20. The summed E-state index contributed by atoms with van der Waals surface area (Å²) in [7, 11) is 2.86. The number of oxime groups is 1. The van der Waals surface area contributed by atoms with Crippen LogP contribution in [0.5, 0.6) is 17.2 Å². The van der Waals surface area contributed by atoms with Gasteiger partial charge in [0.15, 0.2) is 11.6 Å². The molecule has 1 amide bonds. The summed E-state index contributed by atoms with van der Waals surface area (Å²) in [5.41, 5.74) is -2.06. The molecular weight excluding hydrogens is 444 g/mol. The minimum Gasteiger partial charge on any atom is -0.469 e. The Morgan fingerprint density at radius 2 is 1.94 bits per heavy atom. The van der Waals surface area contributed by atoms with Gasteiger partial charge in [-0.2, -0.15) is 13.2 Å². The van der Waals surface area contributed by atoms with Crippen LogP contribution in [0.25, 0.3) is 0 Å². The molecule has 0 aliphatic carbocycles. The number of anilines is 1. The number of alkyl halides is 3. The summed E-state index contributed by atoms with van der Waals surface area (Å²) in [6, 6.07) is 5.12. The molecule has 0 N–H and O–H groups in total. The monoisotopic (exact) mass is 460 g/mol. The van der Waals surface area contributed by atoms with Gasteiger partial charge >= 0.3 is 6.18 Å². The number of nitrogens with zero attached hydrogens (tertiary/aromatic N) is 2. The van der Waals surface area contributed by atoms with Crippen molar-refractivity contribution in [3.8, 4) is 17.2 Å². The molecule has 1 unspecified atom stereocenters. The van der Waals surface area contributed by atoms with Gasteiger partial charge in [-0.05, 0) is 38.1 Å². The zero-order chi connectivity index (χ0) is 23.1. The predicted octanol–water partition coefficient (Wildman–Crippen LogP) is 5.43. The lowest BCUT2D eigenvalue weighted by atomic mass is 9.96. The van der Waals surface area contributed by atoms with E-state index in [1.165, 1.54) is 44.2 Å². The molecule has 166 valence electrons. The molecule has 0 saturated carbocycles. The molecule has 1 aliphatic heterocycles. The fourth-order valence-corrected chi connectivity index (χ4v) is 3.25. The molecule has 2 aromatic rings. The minimum absolute atomic E-state index is 0.0331. The fraction of sp³-hybridized carbons (Fsp3) is 0.300. The minimum atomic E-state index is -4.76. The van der Waals surface area contributed by atoms with E-state index in [1.54, 1.807) is 6.92 Å². The number of benzene rings is 2. The molecule has 2 aromatic carbocycles. The Labute approximate surface area is 179 Å². The molecule has 0 saturated heterocycles. The molecule has 3 rings (SSSR count). The first-order chi connectivity index (χ1) is 14.4. The van der Waals surface area contributed by atoms with E-state index in [-0.39, 0.29) is 17.2 Å². The Morgan fingerprint density at radius 1 is 1.26 bits per heavy atom. The maximum atomic E-state index is 14.3. The van der Waals surface area contributed by atoms with Crippen molar-refractivity contribution in [1.29, 1.82) is 0 Å². The highest BCUT2D eigenvalue weighted by molar-refractivity contribution is 6.32. The molecule has 0 bridgehead atoms. The van der Waals surface area contributed by atoms with E-state index in [4.69, 9.17) is 25.9 Å². The van der Waals surface area contributed by atoms with E-state index in [2.05, 4.69) is 5.16 Å². The zero-order valence-corrected chi connectivity index (χ0v) is 17.6. The lowest BCUT2D eigenvalue weighted by Crippen LogP contribution is -2.57. The van der Waals surface area contributed by atoms with Crippen LogP contribution in [0.3, 0.4) is 0 Å². The second kappa shape index (κ2) is 7.92. The van der Waals surface area contributed by atoms with Gasteiger partial charge in [0.05, 0.1) is 16.3 Å². The van der Waals surface area contributed by atoms with Crippen LogP contribution < -0.4 is 14.4 Å². The van der Waals surface area contributed by atoms with Gasteiger partial charge in [0.25, 0.3) is 5.91 Å². The highest BCUT2D eigenvalue weighted by atomic mass is 35.5. The average Bonchev–Trinajstić information content (AvgIpc) is 2.68. The molecule has 1 aliphatic rings. The number of amides is 1. The van der Waals surface area contributed by atoms with Crippen molar-refractivity contribution in [3.05, 3.63) is 46.7 Å². The molecule has 0 aromatic heterocycles. The van der Waals surface area contributed by atoms with Crippen molar-refractivity contribution in [2.24, 2.45) is 5.16 Å². The van der Waals surface area contributed by atoms with Crippen molar-refractivity contribution < 1.29 is 36.7 Å². The number of ether oxygens (including phenoxy) is 2. The van der Waals surface area contributed by atoms with Crippen molar-refractivity contribution >= 4 is 28.9 Å². The second-order valence-electron chi connectivity index (χ2n) is 6.86. The van der Waals surface area contributed by atoms with E-state index in [1.807, 2.05) is 0 Å². The van der Waals surface area contributed by atoms with Crippen molar-refractivity contribution in [3.63, 3.8) is 0 Å². The van der Waals surface area contributed by atoms with Crippen LogP contribution in [-0.4, -0.2) is 31.4 Å². The van der Waals surface area contributed by atoms with Gasteiger partial charge in [0, 0.05) is 13.1 Å². The summed E-state index contributed by atoms with van der Waals surface area (Å²) in [5, 5.41) is 3.22. The maximum absolute atomic E-state index is 14.3. The molecular formula is C20H17ClF4N2O4. The number of carbonyl (C=O) groups excluding carboxylic acids is 1. The Bertz CT molecular complexity index is 1050. The normalized spacial score (nSPS) is 19.1. The van der Waals surface area contributed by atoms with Crippen molar-refractivity contribution in [2.45, 2.75) is 25.6 Å². The van der Waals surface area contributed by atoms with Gasteiger partial charge < -0.3 is 19.2 Å². The van der Waals surface area contributed by atoms with Crippen LogP contribution in [-0.2, 0) is 15.8 Å². The predicted molar refractivity (Wildman–Crippen MR) is 105 cm³/mol. The van der Waals surface area contributed by atoms with Gasteiger partial charge in [-0.1, -0.05) is 16.8 Å². The van der Waals surface area contributed by atoms with E-state index < -0.39 is 39.8 Å². The summed E-state index contributed by atoms with van der Waals surface area (Å²) in [6.45, 7) is 3.06. The van der Waals surface area contributed by atoms with Gasteiger partial charge in [0.2, 0.25) is 5.60 Å². The Kier molecular flexibility index (Phi) is 5.79. The van der Waals surface area contributed by atoms with Gasteiger partial charge in [-0.15, -0.1) is 0 Å². The van der Waals surface area contributed by atoms with Crippen LogP contribution in [0.2, 0.25) is 5.02 Å². The maximum Gasteiger partial charge on any atom is 0.416 e. The lowest BCUT2D eigenvalue weighted by Gasteiger charge is -2.38. The molecule has 11 heteroatoms. The summed E-state index contributed by atoms with van der Waals surface area (Å²) in [6.07, 6.45) is -4.76. The highest BCUT2D eigenvalue weighted by Gasteiger charge is 2.46. The number of carbonyl (C=O) groups is 1. The van der Waals surface area contributed by atoms with E-state index >= 15 is 0 Å². The zero-order valence-electron chi connectivity index (χ0n) is 16.8. The van der Waals surface area contributed by atoms with E-state index in [0.717, 1.165) is 0 Å². The molecule has 1 heterocycles. The Hall–Kier alpha value is -3.01. The number of likely N-dealkylation sites (N-methyl/N-ethyl adjacent to an activating group) is 1. The van der Waals surface area contributed by atoms with E-state index in [0.29, 0.717) is 17.8 Å². The third kappa shape index (κ3) is 4.12. The van der Waals surface area contributed by atoms with Crippen LogP contribution in [0, 0.1) is 5.82 Å². The summed E-state index contributed by atoms with van der Waals surface area (Å²) in [4.78, 5) is 18.9. The quantitative estimate of drug-likeness (QED) is 0.347. The Morgan fingerprint density at radius 3 is 2.52 bits per heavy atom. The third-order valence-electron chi connectivity index (χ3n) is 4.78.